The van der Waals surface area contributed by atoms with Crippen molar-refractivity contribution in [1.29, 1.82) is 0 Å². The minimum absolute atomic E-state index is 0.265. The van der Waals surface area contributed by atoms with Gasteiger partial charge in [-0.05, 0) is 18.9 Å². The molecular weight excluding hydrogens is 362 g/mol. The highest BCUT2D eigenvalue weighted by molar-refractivity contribution is 5.80. The van der Waals surface area contributed by atoms with Gasteiger partial charge >= 0.3 is 0 Å². The normalized spacial score (nSPS) is 15.1. The Labute approximate surface area is 168 Å². The molecular formula is C23H21N5O. The smallest absolute Gasteiger partial charge is 0.165 e. The first kappa shape index (κ1) is 17.6. The first-order chi connectivity index (χ1) is 14.2. The summed E-state index contributed by atoms with van der Waals surface area (Å²) in [7, 11) is 0. The van der Waals surface area contributed by atoms with Gasteiger partial charge in [-0.25, -0.2) is 4.98 Å². The lowest BCUT2D eigenvalue weighted by atomic mass is 9.86. The van der Waals surface area contributed by atoms with Crippen LogP contribution in [-0.2, 0) is 4.79 Å². The zero-order valence-electron chi connectivity index (χ0n) is 16.0. The van der Waals surface area contributed by atoms with Crippen molar-refractivity contribution < 1.29 is 4.79 Å². The summed E-state index contributed by atoms with van der Waals surface area (Å²) in [5.74, 6) is 1.16. The van der Waals surface area contributed by atoms with Crippen LogP contribution in [0.2, 0.25) is 0 Å². The first-order valence-electron chi connectivity index (χ1n) is 9.87. The molecule has 0 amide bonds. The largest absolute Gasteiger partial charge is 0.384 e. The van der Waals surface area contributed by atoms with Crippen molar-refractivity contribution in [2.24, 2.45) is 0 Å². The van der Waals surface area contributed by atoms with E-state index in [1.807, 2.05) is 54.7 Å². The number of fused-ring (bicyclic) bond motifs is 1. The molecule has 0 saturated heterocycles. The summed E-state index contributed by atoms with van der Waals surface area (Å²) in [5.41, 5.74) is 11.8. The molecule has 5 rings (SSSR count). The second-order valence-electron chi connectivity index (χ2n) is 7.51. The molecule has 2 N–H and O–H groups in total. The number of benzene rings is 1. The summed E-state index contributed by atoms with van der Waals surface area (Å²) in [6.45, 7) is 0. The Balaban J connectivity index is 1.52. The number of hydrogen-bond donors (Lipinski definition) is 1. The molecule has 1 fully saturated rings. The number of carbonyl (C=O) groups excluding carboxylic acids is 1. The highest BCUT2D eigenvalue weighted by atomic mass is 16.1. The second-order valence-corrected chi connectivity index (χ2v) is 7.51. The fraction of sp³-hybridized carbons (Fsp3) is 0.217. The number of nitrogen functional groups attached to an aromatic ring is 1. The number of Topliss-reactive ketones (excluding diaryl/α,β-unsaturated/α-hetero) is 1. The van der Waals surface area contributed by atoms with Crippen molar-refractivity contribution in [2.75, 3.05) is 5.73 Å². The summed E-state index contributed by atoms with van der Waals surface area (Å²) >= 11 is 0. The molecule has 6 nitrogen and oxygen atoms in total. The summed E-state index contributed by atoms with van der Waals surface area (Å²) in [5, 5.41) is 4.42. The van der Waals surface area contributed by atoms with Gasteiger partial charge in [0.15, 0.2) is 5.65 Å². The van der Waals surface area contributed by atoms with Gasteiger partial charge in [0.1, 0.15) is 11.6 Å². The van der Waals surface area contributed by atoms with Crippen molar-refractivity contribution in [3.63, 3.8) is 0 Å². The number of anilines is 1. The Bertz CT molecular complexity index is 1170. The quantitative estimate of drug-likeness (QED) is 0.571. The maximum atomic E-state index is 11.6. The lowest BCUT2D eigenvalue weighted by Gasteiger charge is -2.20. The van der Waals surface area contributed by atoms with Crippen LogP contribution in [0.1, 0.15) is 37.3 Å². The minimum Gasteiger partial charge on any atom is -0.384 e. The number of nitrogens with two attached hydrogens (primary N) is 1. The van der Waals surface area contributed by atoms with Crippen LogP contribution in [0.4, 0.5) is 5.82 Å². The van der Waals surface area contributed by atoms with Gasteiger partial charge in [0, 0.05) is 53.4 Å². The van der Waals surface area contributed by atoms with Gasteiger partial charge in [0.05, 0.1) is 11.9 Å². The molecule has 4 aromatic rings. The van der Waals surface area contributed by atoms with Crippen LogP contribution in [0.3, 0.4) is 0 Å². The average molecular weight is 383 g/mol. The third-order valence-corrected chi connectivity index (χ3v) is 5.62. The van der Waals surface area contributed by atoms with Gasteiger partial charge in [0.2, 0.25) is 0 Å². The van der Waals surface area contributed by atoms with Gasteiger partial charge in [-0.3, -0.25) is 9.78 Å². The second kappa shape index (κ2) is 7.13. The van der Waals surface area contributed by atoms with E-state index in [9.17, 15) is 4.79 Å². The number of aromatic nitrogens is 4. The third-order valence-electron chi connectivity index (χ3n) is 5.62. The van der Waals surface area contributed by atoms with E-state index < -0.39 is 0 Å². The van der Waals surface area contributed by atoms with E-state index in [4.69, 9.17) is 10.7 Å². The maximum Gasteiger partial charge on any atom is 0.165 e. The SMILES string of the molecule is Nc1cc(C2CCC(=O)CC2)nc2c(-c3ccc(-c4ccccc4)nc3)cnn12. The van der Waals surface area contributed by atoms with Crippen LogP contribution >= 0.6 is 0 Å². The molecule has 0 unspecified atom stereocenters. The highest BCUT2D eigenvalue weighted by Crippen LogP contribution is 2.33. The van der Waals surface area contributed by atoms with Crippen LogP contribution in [0.15, 0.2) is 60.9 Å². The van der Waals surface area contributed by atoms with Gasteiger partial charge in [-0.2, -0.15) is 9.61 Å². The lowest BCUT2D eigenvalue weighted by molar-refractivity contribution is -0.120. The van der Waals surface area contributed by atoms with Gasteiger partial charge < -0.3 is 5.73 Å². The van der Waals surface area contributed by atoms with Gasteiger partial charge in [-0.1, -0.05) is 36.4 Å². The molecule has 0 aliphatic heterocycles. The van der Waals surface area contributed by atoms with E-state index in [0.29, 0.717) is 24.4 Å². The monoisotopic (exact) mass is 383 g/mol. The lowest BCUT2D eigenvalue weighted by Crippen LogP contribution is -2.14. The number of nitrogens with zero attached hydrogens (tertiary/aromatic N) is 4. The molecule has 3 aromatic heterocycles. The summed E-state index contributed by atoms with van der Waals surface area (Å²) < 4.78 is 1.66. The molecule has 29 heavy (non-hydrogen) atoms. The Morgan fingerprint density at radius 2 is 1.76 bits per heavy atom. The van der Waals surface area contributed by atoms with Crippen LogP contribution in [-0.4, -0.2) is 25.4 Å². The number of ketones is 1. The van der Waals surface area contributed by atoms with Crippen LogP contribution in [0.25, 0.3) is 28.0 Å². The standard InChI is InChI=1S/C23H21N5O/c24-22-12-21(16-6-9-18(29)10-7-16)27-23-19(14-26-28(22)23)17-8-11-20(25-13-17)15-4-2-1-3-5-15/h1-5,8,11-14,16H,6-7,9-10,24H2. The van der Waals surface area contributed by atoms with Crippen molar-refractivity contribution in [2.45, 2.75) is 31.6 Å². The number of rotatable bonds is 3. The van der Waals surface area contributed by atoms with Crippen LogP contribution in [0, 0.1) is 0 Å². The average Bonchev–Trinajstić information content (AvgIpc) is 3.20. The fourth-order valence-electron chi connectivity index (χ4n) is 3.99. The number of pyridine rings is 1. The Morgan fingerprint density at radius 1 is 0.966 bits per heavy atom. The predicted molar refractivity (Wildman–Crippen MR) is 112 cm³/mol. The molecule has 3 heterocycles. The molecule has 0 atom stereocenters. The van der Waals surface area contributed by atoms with Gasteiger partial charge in [0.25, 0.3) is 0 Å². The molecule has 0 bridgehead atoms. The molecule has 1 aliphatic rings. The van der Waals surface area contributed by atoms with E-state index in [-0.39, 0.29) is 5.92 Å². The molecule has 6 heteroatoms. The minimum atomic E-state index is 0.265. The van der Waals surface area contributed by atoms with Crippen molar-refractivity contribution in [3.8, 4) is 22.4 Å². The molecule has 0 radical (unpaired) electrons. The van der Waals surface area contributed by atoms with E-state index in [1.165, 1.54) is 0 Å². The topological polar surface area (TPSA) is 86.2 Å². The summed E-state index contributed by atoms with van der Waals surface area (Å²) in [4.78, 5) is 21.1. The van der Waals surface area contributed by atoms with Crippen LogP contribution in [0.5, 0.6) is 0 Å². The number of carbonyl (C=O) groups is 1. The Kier molecular flexibility index (Phi) is 4.31. The van der Waals surface area contributed by atoms with E-state index in [1.54, 1.807) is 10.7 Å². The fourth-order valence-corrected chi connectivity index (χ4v) is 3.99. The molecule has 1 saturated carbocycles. The Hall–Kier alpha value is -3.54. The zero-order valence-corrected chi connectivity index (χ0v) is 16.0. The van der Waals surface area contributed by atoms with E-state index in [2.05, 4.69) is 10.1 Å². The van der Waals surface area contributed by atoms with Crippen molar-refractivity contribution >= 4 is 17.2 Å². The molecule has 1 aliphatic carbocycles. The number of hydrogen-bond acceptors (Lipinski definition) is 5. The van der Waals surface area contributed by atoms with Crippen molar-refractivity contribution in [1.82, 2.24) is 19.6 Å². The van der Waals surface area contributed by atoms with Crippen molar-refractivity contribution in [3.05, 3.63) is 66.6 Å². The first-order valence-corrected chi connectivity index (χ1v) is 9.87. The van der Waals surface area contributed by atoms with Gasteiger partial charge in [-0.15, -0.1) is 0 Å². The summed E-state index contributed by atoms with van der Waals surface area (Å²) in [6, 6.07) is 16.0. The van der Waals surface area contributed by atoms with Crippen LogP contribution < -0.4 is 5.73 Å². The predicted octanol–water partition coefficient (Wildman–Crippen LogP) is 4.27. The molecule has 144 valence electrons. The maximum absolute atomic E-state index is 11.6. The van der Waals surface area contributed by atoms with E-state index >= 15 is 0 Å². The van der Waals surface area contributed by atoms with E-state index in [0.717, 1.165) is 46.6 Å². The molecule has 0 spiro atoms. The molecule has 1 aromatic carbocycles. The Morgan fingerprint density at radius 3 is 2.48 bits per heavy atom. The highest BCUT2D eigenvalue weighted by Gasteiger charge is 2.23. The summed E-state index contributed by atoms with van der Waals surface area (Å²) in [6.07, 6.45) is 6.54. The third kappa shape index (κ3) is 3.27. The zero-order chi connectivity index (χ0) is 19.8.